The molecule has 1 aromatic heterocycles. The Morgan fingerprint density at radius 3 is 2.50 bits per heavy atom. The van der Waals surface area contributed by atoms with Crippen LogP contribution in [0.5, 0.6) is 11.5 Å². The largest absolute Gasteiger partial charge is 0.504 e. The average Bonchev–Trinajstić information content (AvgIpc) is 2.93. The Bertz CT molecular complexity index is 1560. The lowest BCUT2D eigenvalue weighted by Crippen LogP contribution is -2.61. The fraction of sp³-hybridized carbons (Fsp3) is 0.312. The van der Waals surface area contributed by atoms with Crippen LogP contribution in [0.15, 0.2) is 66.7 Å². The van der Waals surface area contributed by atoms with E-state index in [1.807, 2.05) is 42.5 Å². The molecule has 3 atom stereocenters. The van der Waals surface area contributed by atoms with Gasteiger partial charge in [-0.3, -0.25) is 0 Å². The minimum absolute atomic E-state index is 0.237. The summed E-state index contributed by atoms with van der Waals surface area (Å²) in [6.07, 6.45) is 3.30. The number of methoxy groups -OCH3 is 1. The Morgan fingerprint density at radius 2 is 1.71 bits per heavy atom. The molecule has 2 heterocycles. The molecular weight excluding hydrogens is 477 g/mol. The monoisotopic (exact) mass is 507 g/mol. The predicted molar refractivity (Wildman–Crippen MR) is 145 cm³/mol. The van der Waals surface area contributed by atoms with Crippen molar-refractivity contribution < 1.29 is 14.2 Å². The maximum atomic E-state index is 14.3. The fourth-order valence-electron chi connectivity index (χ4n) is 7.33. The van der Waals surface area contributed by atoms with Crippen molar-refractivity contribution in [1.29, 1.82) is 0 Å². The number of hydrogen-bond acceptors (Lipinski definition) is 5. The number of phenols is 1. The van der Waals surface area contributed by atoms with Gasteiger partial charge in [0.05, 0.1) is 29.9 Å². The number of halogens is 1. The lowest BCUT2D eigenvalue weighted by Gasteiger charge is -2.58. The zero-order chi connectivity index (χ0) is 26.0. The molecule has 0 unspecified atom stereocenters. The summed E-state index contributed by atoms with van der Waals surface area (Å²) in [7, 11) is 3.82. The molecule has 0 amide bonds. The van der Waals surface area contributed by atoms with Crippen LogP contribution in [0.1, 0.15) is 28.9 Å². The molecule has 0 saturated carbocycles. The minimum Gasteiger partial charge on any atom is -0.504 e. The molecule has 7 rings (SSSR count). The zero-order valence-corrected chi connectivity index (χ0v) is 21.6. The van der Waals surface area contributed by atoms with Gasteiger partial charge in [0.15, 0.2) is 11.5 Å². The lowest BCUT2D eigenvalue weighted by molar-refractivity contribution is 0.0210. The van der Waals surface area contributed by atoms with E-state index >= 15 is 0 Å². The summed E-state index contributed by atoms with van der Waals surface area (Å²) in [5.74, 6) is 0.799. The number of piperidine rings is 1. The van der Waals surface area contributed by atoms with Crippen molar-refractivity contribution in [1.82, 2.24) is 14.9 Å². The van der Waals surface area contributed by atoms with Crippen molar-refractivity contribution >= 4 is 0 Å². The van der Waals surface area contributed by atoms with Crippen LogP contribution in [0.4, 0.5) is 4.39 Å². The number of nitrogens with zero attached hydrogens (tertiary/aromatic N) is 3. The number of fused-ring (bicyclic) bond motifs is 2. The van der Waals surface area contributed by atoms with E-state index in [1.165, 1.54) is 17.7 Å². The van der Waals surface area contributed by atoms with E-state index < -0.39 is 0 Å². The molecule has 38 heavy (non-hydrogen) atoms. The first-order valence-electron chi connectivity index (χ1n) is 13.3. The molecule has 1 aliphatic heterocycles. The molecule has 1 fully saturated rings. The molecule has 1 saturated heterocycles. The van der Waals surface area contributed by atoms with Crippen LogP contribution in [0.2, 0.25) is 0 Å². The van der Waals surface area contributed by atoms with Crippen molar-refractivity contribution in [3.63, 3.8) is 0 Å². The maximum absolute atomic E-state index is 14.3. The number of benzene rings is 3. The first-order chi connectivity index (χ1) is 18.5. The quantitative estimate of drug-likeness (QED) is 0.393. The molecular formula is C32H30FN3O2. The number of hydrogen-bond donors (Lipinski definition) is 1. The Morgan fingerprint density at radius 1 is 0.947 bits per heavy atom. The standard InChI is InChI=1S/C32H30FN3O2/c1-36-14-13-32-18-25-24(17-23(32)26(36)16-20-11-12-27(38-2)31(37)28(20)32)34-30(21-9-6-10-22(33)15-21)29(35-25)19-7-4-3-5-8-19/h3-12,15,23,26,37H,13-14,16-18H2,1-2H3/t23-,26+,32-/m1/s1. The van der Waals surface area contributed by atoms with Gasteiger partial charge in [0.25, 0.3) is 0 Å². The smallest absolute Gasteiger partial charge is 0.161 e. The predicted octanol–water partition coefficient (Wildman–Crippen LogP) is 5.58. The van der Waals surface area contributed by atoms with Gasteiger partial charge in [0, 0.05) is 34.6 Å². The molecule has 2 bridgehead atoms. The van der Waals surface area contributed by atoms with Gasteiger partial charge < -0.3 is 14.7 Å². The number of phenolic OH excluding ortho intramolecular Hbond substituents is 1. The SMILES string of the molecule is COc1ccc2c(c1O)[C@@]13CCN(C)[C@@H](C2)[C@H]1Cc1nc(-c2cccc(F)c2)c(-c2ccccc2)nc1C3. The Hall–Kier alpha value is -3.77. The molecule has 3 aromatic carbocycles. The molecule has 5 nitrogen and oxygen atoms in total. The summed E-state index contributed by atoms with van der Waals surface area (Å²) in [6, 6.07) is 21.0. The summed E-state index contributed by atoms with van der Waals surface area (Å²) in [5.41, 5.74) is 7.12. The van der Waals surface area contributed by atoms with Gasteiger partial charge >= 0.3 is 0 Å². The van der Waals surface area contributed by atoms with E-state index in [0.717, 1.165) is 59.6 Å². The molecule has 2 aliphatic carbocycles. The summed E-state index contributed by atoms with van der Waals surface area (Å²) >= 11 is 0. The third-order valence-corrected chi connectivity index (χ3v) is 9.12. The van der Waals surface area contributed by atoms with Gasteiger partial charge in [-0.15, -0.1) is 0 Å². The molecule has 0 spiro atoms. The molecule has 192 valence electrons. The first kappa shape index (κ1) is 23.4. The number of rotatable bonds is 3. The van der Waals surface area contributed by atoms with Crippen LogP contribution >= 0.6 is 0 Å². The molecule has 4 aromatic rings. The summed E-state index contributed by atoms with van der Waals surface area (Å²) in [6.45, 7) is 0.965. The third kappa shape index (κ3) is 3.39. The van der Waals surface area contributed by atoms with E-state index in [9.17, 15) is 9.50 Å². The molecule has 3 aliphatic rings. The van der Waals surface area contributed by atoms with E-state index in [2.05, 4.69) is 18.0 Å². The topological polar surface area (TPSA) is 58.5 Å². The van der Waals surface area contributed by atoms with Gasteiger partial charge in [0.2, 0.25) is 0 Å². The van der Waals surface area contributed by atoms with Crippen molar-refractivity contribution in [3.8, 4) is 34.0 Å². The van der Waals surface area contributed by atoms with Crippen LogP contribution < -0.4 is 4.74 Å². The zero-order valence-electron chi connectivity index (χ0n) is 21.6. The average molecular weight is 508 g/mol. The highest BCUT2D eigenvalue weighted by atomic mass is 19.1. The van der Waals surface area contributed by atoms with Gasteiger partial charge in [0.1, 0.15) is 5.82 Å². The Balaban J connectivity index is 1.45. The summed E-state index contributed by atoms with van der Waals surface area (Å²) in [5, 5.41) is 11.4. The fourth-order valence-corrected chi connectivity index (χ4v) is 7.33. The minimum atomic E-state index is -0.288. The van der Waals surface area contributed by atoms with Crippen LogP contribution in [-0.2, 0) is 24.7 Å². The van der Waals surface area contributed by atoms with E-state index in [1.54, 1.807) is 13.2 Å². The number of aromatic hydroxyl groups is 1. The van der Waals surface area contributed by atoms with Gasteiger partial charge in [-0.25, -0.2) is 14.4 Å². The number of aromatic nitrogens is 2. The molecule has 1 N–H and O–H groups in total. The number of likely N-dealkylation sites (tertiary alicyclic amines) is 1. The highest BCUT2D eigenvalue weighted by molar-refractivity contribution is 5.78. The second-order valence-corrected chi connectivity index (χ2v) is 11.0. The Kier molecular flexibility index (Phi) is 5.31. The van der Waals surface area contributed by atoms with Crippen LogP contribution in [0, 0.1) is 11.7 Å². The third-order valence-electron chi connectivity index (χ3n) is 9.12. The second-order valence-electron chi connectivity index (χ2n) is 11.0. The molecule has 0 radical (unpaired) electrons. The van der Waals surface area contributed by atoms with E-state index in [-0.39, 0.29) is 22.9 Å². The Labute approximate surface area is 222 Å². The maximum Gasteiger partial charge on any atom is 0.161 e. The van der Waals surface area contributed by atoms with Crippen molar-refractivity contribution in [2.24, 2.45) is 5.92 Å². The van der Waals surface area contributed by atoms with Crippen molar-refractivity contribution in [2.75, 3.05) is 20.7 Å². The molecule has 6 heteroatoms. The van der Waals surface area contributed by atoms with Crippen LogP contribution in [0.25, 0.3) is 22.5 Å². The highest BCUT2D eigenvalue weighted by Gasteiger charge is 2.56. The highest BCUT2D eigenvalue weighted by Crippen LogP contribution is 2.57. The normalized spacial score (nSPS) is 23.8. The van der Waals surface area contributed by atoms with E-state index in [4.69, 9.17) is 14.7 Å². The van der Waals surface area contributed by atoms with E-state index in [0.29, 0.717) is 23.9 Å². The van der Waals surface area contributed by atoms with Crippen molar-refractivity contribution in [3.05, 3.63) is 95.1 Å². The second kappa shape index (κ2) is 8.63. The van der Waals surface area contributed by atoms with Crippen molar-refractivity contribution in [2.45, 2.75) is 37.1 Å². The van der Waals surface area contributed by atoms with Crippen LogP contribution in [-0.4, -0.2) is 46.7 Å². The summed E-state index contributed by atoms with van der Waals surface area (Å²) in [4.78, 5) is 13.0. The van der Waals surface area contributed by atoms with Gasteiger partial charge in [-0.2, -0.15) is 0 Å². The number of likely N-dealkylation sites (N-methyl/N-ethyl adjacent to an activating group) is 1. The number of ether oxygens (including phenoxy) is 1. The van der Waals surface area contributed by atoms with Crippen LogP contribution in [0.3, 0.4) is 0 Å². The van der Waals surface area contributed by atoms with Gasteiger partial charge in [-0.05, 0) is 62.5 Å². The summed E-state index contributed by atoms with van der Waals surface area (Å²) < 4.78 is 19.8. The first-order valence-corrected chi connectivity index (χ1v) is 13.3. The van der Waals surface area contributed by atoms with Gasteiger partial charge in [-0.1, -0.05) is 48.5 Å². The lowest BCUT2D eigenvalue weighted by atomic mass is 9.52.